The van der Waals surface area contributed by atoms with Crippen LogP contribution in [0, 0.1) is 5.41 Å². The minimum Gasteiger partial charge on any atom is -0.319 e. The number of nitrogens with zero attached hydrogens (tertiary/aromatic N) is 2. The fourth-order valence-corrected chi connectivity index (χ4v) is 2.46. The van der Waals surface area contributed by atoms with Gasteiger partial charge in [-0.25, -0.2) is 0 Å². The van der Waals surface area contributed by atoms with Crippen molar-refractivity contribution >= 4 is 27.5 Å². The van der Waals surface area contributed by atoms with Crippen LogP contribution in [0.3, 0.4) is 0 Å². The normalized spacial score (nSPS) is 13.3. The number of hydrogen-bond donors (Lipinski definition) is 0. The van der Waals surface area contributed by atoms with Gasteiger partial charge in [0.05, 0.1) is 10.2 Å². The minimum atomic E-state index is -0.427. The molecular formula is C13H16N2OS. The molecule has 1 aromatic carbocycles. The van der Waals surface area contributed by atoms with Gasteiger partial charge in [0, 0.05) is 12.5 Å². The van der Waals surface area contributed by atoms with Gasteiger partial charge < -0.3 is 4.57 Å². The van der Waals surface area contributed by atoms with Gasteiger partial charge in [-0.15, -0.1) is 0 Å². The van der Waals surface area contributed by atoms with Crippen LogP contribution in [-0.2, 0) is 11.8 Å². The zero-order valence-corrected chi connectivity index (χ0v) is 11.3. The number of aryl methyl sites for hydroxylation is 1. The monoisotopic (exact) mass is 248 g/mol. The molecule has 0 radical (unpaired) electrons. The fourth-order valence-electron chi connectivity index (χ4n) is 1.44. The van der Waals surface area contributed by atoms with E-state index in [1.54, 1.807) is 11.3 Å². The summed E-state index contributed by atoms with van der Waals surface area (Å²) in [4.78, 5) is 16.9. The van der Waals surface area contributed by atoms with Crippen LogP contribution in [0.2, 0.25) is 0 Å². The van der Waals surface area contributed by atoms with Crippen molar-refractivity contribution in [3.63, 3.8) is 0 Å². The van der Waals surface area contributed by atoms with E-state index in [0.29, 0.717) is 0 Å². The Balaban J connectivity index is 2.61. The summed E-state index contributed by atoms with van der Waals surface area (Å²) in [6, 6.07) is 8.06. The summed E-state index contributed by atoms with van der Waals surface area (Å²) in [5.41, 5.74) is 0.682. The van der Waals surface area contributed by atoms with Crippen LogP contribution in [0.15, 0.2) is 29.3 Å². The first kappa shape index (κ1) is 12.0. The standard InChI is InChI=1S/C13H16N2OS/c1-13(2,3)11(16)14-12-15(4)9-7-5-6-8-10(9)17-12/h5-8H,1-4H3. The van der Waals surface area contributed by atoms with Gasteiger partial charge in [-0.2, -0.15) is 4.99 Å². The molecule has 0 unspecified atom stereocenters. The number of carbonyl (C=O) groups is 1. The molecule has 1 amide bonds. The lowest BCUT2D eigenvalue weighted by molar-refractivity contribution is -0.125. The van der Waals surface area contributed by atoms with Crippen LogP contribution < -0.4 is 4.80 Å². The van der Waals surface area contributed by atoms with Gasteiger partial charge in [0.25, 0.3) is 5.91 Å². The Labute approximate surface area is 104 Å². The van der Waals surface area contributed by atoms with Crippen molar-refractivity contribution in [2.75, 3.05) is 0 Å². The van der Waals surface area contributed by atoms with Crippen LogP contribution in [-0.4, -0.2) is 10.5 Å². The van der Waals surface area contributed by atoms with Crippen molar-refractivity contribution in [1.29, 1.82) is 0 Å². The van der Waals surface area contributed by atoms with Gasteiger partial charge in [0.2, 0.25) is 0 Å². The number of fused-ring (bicyclic) bond motifs is 1. The molecule has 4 heteroatoms. The molecule has 0 spiro atoms. The molecule has 0 bridgehead atoms. The molecule has 0 aliphatic rings. The Morgan fingerprint density at radius 1 is 1.29 bits per heavy atom. The highest BCUT2D eigenvalue weighted by Gasteiger charge is 2.20. The zero-order valence-electron chi connectivity index (χ0n) is 10.5. The second-order valence-corrected chi connectivity index (χ2v) is 6.09. The van der Waals surface area contributed by atoms with E-state index in [0.717, 1.165) is 15.0 Å². The number of para-hydroxylation sites is 1. The van der Waals surface area contributed by atoms with Crippen LogP contribution in [0.4, 0.5) is 0 Å². The molecule has 0 fully saturated rings. The molecule has 0 atom stereocenters. The molecule has 0 saturated carbocycles. The quantitative estimate of drug-likeness (QED) is 0.706. The average molecular weight is 248 g/mol. The number of carbonyl (C=O) groups excluding carboxylic acids is 1. The highest BCUT2D eigenvalue weighted by Crippen LogP contribution is 2.17. The van der Waals surface area contributed by atoms with E-state index in [1.807, 2.05) is 56.7 Å². The number of aromatic nitrogens is 1. The van der Waals surface area contributed by atoms with Gasteiger partial charge in [-0.1, -0.05) is 44.2 Å². The maximum Gasteiger partial charge on any atom is 0.253 e. The lowest BCUT2D eigenvalue weighted by Crippen LogP contribution is -2.22. The van der Waals surface area contributed by atoms with Gasteiger partial charge in [-0.05, 0) is 12.1 Å². The topological polar surface area (TPSA) is 34.4 Å². The molecule has 0 aliphatic carbocycles. The van der Waals surface area contributed by atoms with Crippen molar-refractivity contribution < 1.29 is 4.79 Å². The SMILES string of the molecule is Cn1c(=NC(=O)C(C)(C)C)sc2ccccc21. The third kappa shape index (κ3) is 2.31. The van der Waals surface area contributed by atoms with E-state index in [4.69, 9.17) is 0 Å². The smallest absolute Gasteiger partial charge is 0.253 e. The molecule has 90 valence electrons. The van der Waals surface area contributed by atoms with Crippen LogP contribution in [0.1, 0.15) is 20.8 Å². The van der Waals surface area contributed by atoms with Gasteiger partial charge in [-0.3, -0.25) is 4.79 Å². The fraction of sp³-hybridized carbons (Fsp3) is 0.385. The lowest BCUT2D eigenvalue weighted by atomic mass is 9.96. The number of hydrogen-bond acceptors (Lipinski definition) is 2. The molecule has 17 heavy (non-hydrogen) atoms. The van der Waals surface area contributed by atoms with Crippen molar-refractivity contribution in [3.8, 4) is 0 Å². The Hall–Kier alpha value is -1.42. The van der Waals surface area contributed by atoms with E-state index in [9.17, 15) is 4.79 Å². The summed E-state index contributed by atoms with van der Waals surface area (Å²) in [5, 5.41) is 0. The Kier molecular flexibility index (Phi) is 2.91. The van der Waals surface area contributed by atoms with E-state index in [-0.39, 0.29) is 5.91 Å². The Morgan fingerprint density at radius 3 is 2.53 bits per heavy atom. The number of rotatable bonds is 0. The minimum absolute atomic E-state index is 0.0837. The van der Waals surface area contributed by atoms with E-state index < -0.39 is 5.41 Å². The number of amides is 1. The summed E-state index contributed by atoms with van der Waals surface area (Å²) < 4.78 is 3.11. The average Bonchev–Trinajstić information content (AvgIpc) is 2.55. The first-order valence-electron chi connectivity index (χ1n) is 5.53. The maximum atomic E-state index is 11.9. The molecular weight excluding hydrogens is 232 g/mol. The van der Waals surface area contributed by atoms with Crippen molar-refractivity contribution in [1.82, 2.24) is 4.57 Å². The molecule has 0 N–H and O–H groups in total. The predicted octanol–water partition coefficient (Wildman–Crippen LogP) is 2.71. The first-order chi connectivity index (χ1) is 7.89. The van der Waals surface area contributed by atoms with Crippen LogP contribution in [0.5, 0.6) is 0 Å². The van der Waals surface area contributed by atoms with Crippen molar-refractivity contribution in [3.05, 3.63) is 29.1 Å². The lowest BCUT2D eigenvalue weighted by Gasteiger charge is -2.11. The summed E-state index contributed by atoms with van der Waals surface area (Å²) in [6.07, 6.45) is 0. The summed E-state index contributed by atoms with van der Waals surface area (Å²) in [5.74, 6) is -0.0837. The van der Waals surface area contributed by atoms with Gasteiger partial charge >= 0.3 is 0 Å². The Bertz CT molecular complexity index is 629. The third-order valence-electron chi connectivity index (χ3n) is 2.55. The number of thiazole rings is 1. The molecule has 0 aliphatic heterocycles. The van der Waals surface area contributed by atoms with Crippen molar-refractivity contribution in [2.24, 2.45) is 17.5 Å². The van der Waals surface area contributed by atoms with Crippen LogP contribution in [0.25, 0.3) is 10.2 Å². The van der Waals surface area contributed by atoms with Crippen molar-refractivity contribution in [2.45, 2.75) is 20.8 Å². The summed E-state index contributed by atoms with van der Waals surface area (Å²) >= 11 is 1.54. The van der Waals surface area contributed by atoms with E-state index in [1.165, 1.54) is 0 Å². The van der Waals surface area contributed by atoms with E-state index in [2.05, 4.69) is 4.99 Å². The molecule has 0 saturated heterocycles. The van der Waals surface area contributed by atoms with E-state index >= 15 is 0 Å². The molecule has 1 heterocycles. The molecule has 1 aromatic heterocycles. The predicted molar refractivity (Wildman–Crippen MR) is 70.8 cm³/mol. The maximum absolute atomic E-state index is 11.9. The number of benzene rings is 1. The molecule has 2 rings (SSSR count). The third-order valence-corrected chi connectivity index (χ3v) is 3.67. The van der Waals surface area contributed by atoms with Gasteiger partial charge in [0.1, 0.15) is 0 Å². The second-order valence-electron chi connectivity index (χ2n) is 5.08. The van der Waals surface area contributed by atoms with Gasteiger partial charge in [0.15, 0.2) is 4.80 Å². The zero-order chi connectivity index (χ0) is 12.6. The molecule has 3 nitrogen and oxygen atoms in total. The largest absolute Gasteiger partial charge is 0.319 e. The molecule has 2 aromatic rings. The highest BCUT2D eigenvalue weighted by atomic mass is 32.1. The second kappa shape index (κ2) is 4.11. The summed E-state index contributed by atoms with van der Waals surface area (Å²) in [7, 11) is 1.94. The van der Waals surface area contributed by atoms with Crippen LogP contribution >= 0.6 is 11.3 Å². The summed E-state index contributed by atoms with van der Waals surface area (Å²) in [6.45, 7) is 5.64. The first-order valence-corrected chi connectivity index (χ1v) is 6.35. The Morgan fingerprint density at radius 2 is 1.94 bits per heavy atom. The highest BCUT2D eigenvalue weighted by molar-refractivity contribution is 7.16.